The molecule has 1 amide bonds. The van der Waals surface area contributed by atoms with Gasteiger partial charge in [0.25, 0.3) is 0 Å². The van der Waals surface area contributed by atoms with Gasteiger partial charge in [0.2, 0.25) is 5.91 Å². The summed E-state index contributed by atoms with van der Waals surface area (Å²) in [6, 6.07) is 12.7. The number of alkyl halides is 5. The van der Waals surface area contributed by atoms with Crippen molar-refractivity contribution in [3.63, 3.8) is 0 Å². The zero-order valence-electron chi connectivity index (χ0n) is 18.7. The predicted molar refractivity (Wildman–Crippen MR) is 120 cm³/mol. The number of pyridine rings is 1. The van der Waals surface area contributed by atoms with Crippen LogP contribution in [-0.4, -0.2) is 28.5 Å². The number of hydrogen-bond acceptors (Lipinski definition) is 5. The Bertz CT molecular complexity index is 1340. The van der Waals surface area contributed by atoms with Crippen LogP contribution >= 0.6 is 0 Å². The summed E-state index contributed by atoms with van der Waals surface area (Å²) in [7, 11) is 0. The van der Waals surface area contributed by atoms with Crippen molar-refractivity contribution in [2.24, 2.45) is 0 Å². The van der Waals surface area contributed by atoms with Crippen LogP contribution in [0.5, 0.6) is 11.5 Å². The molecule has 6 nitrogen and oxygen atoms in total. The van der Waals surface area contributed by atoms with Crippen LogP contribution in [0.2, 0.25) is 0 Å². The molecule has 36 heavy (non-hydrogen) atoms. The van der Waals surface area contributed by atoms with E-state index in [1.165, 1.54) is 36.4 Å². The number of fused-ring (bicyclic) bond motifs is 1. The molecule has 1 fully saturated rings. The van der Waals surface area contributed by atoms with Crippen LogP contribution < -0.4 is 14.8 Å². The first kappa shape index (κ1) is 24.0. The average Bonchev–Trinajstić information content (AvgIpc) is 3.56. The van der Waals surface area contributed by atoms with Crippen LogP contribution in [0, 0.1) is 6.92 Å². The van der Waals surface area contributed by atoms with Gasteiger partial charge in [0, 0.05) is 6.99 Å². The highest BCUT2D eigenvalue weighted by atomic mass is 19.4. The number of nitrogens with one attached hydrogen (secondary N) is 1. The van der Waals surface area contributed by atoms with E-state index in [0.29, 0.717) is 29.7 Å². The van der Waals surface area contributed by atoms with Gasteiger partial charge >= 0.3 is 12.5 Å². The van der Waals surface area contributed by atoms with Crippen LogP contribution in [-0.2, 0) is 10.2 Å². The molecule has 1 atom stereocenters. The molecule has 190 valence electrons. The Morgan fingerprint density at radius 2 is 1.72 bits per heavy atom. The Balaban J connectivity index is 0.00000320. The Kier molecular flexibility index (Phi) is 5.43. The third kappa shape index (κ3) is 4.34. The molecular weight excluding hydrogens is 487 g/mol. The van der Waals surface area contributed by atoms with E-state index in [4.69, 9.17) is 0 Å². The maximum absolute atomic E-state index is 13.4. The lowest BCUT2D eigenvalue weighted by Crippen LogP contribution is -2.28. The number of aliphatic hydroxyl groups is 1. The Morgan fingerprint density at radius 1 is 1.06 bits per heavy atom. The molecule has 2 aromatic carbocycles. The molecule has 5 rings (SSSR count). The average molecular weight is 508 g/mol. The van der Waals surface area contributed by atoms with Gasteiger partial charge in [0.05, 0.1) is 11.1 Å². The fraction of sp³-hybridized carbons (Fsp3) is 0.280. The minimum atomic E-state index is -4.78. The molecule has 11 heteroatoms. The molecule has 2 aliphatic rings. The summed E-state index contributed by atoms with van der Waals surface area (Å²) in [6.07, 6.45) is -10.1. The summed E-state index contributed by atoms with van der Waals surface area (Å²) in [5.41, 5.74) is 0.931. The minimum Gasteiger partial charge on any atom is -0.395 e. The third-order valence-electron chi connectivity index (χ3n) is 6.29. The molecule has 1 aliphatic heterocycles. The maximum atomic E-state index is 13.4. The van der Waals surface area contributed by atoms with Gasteiger partial charge in [-0.15, -0.1) is 8.78 Å². The van der Waals surface area contributed by atoms with Crippen molar-refractivity contribution >= 4 is 11.7 Å². The van der Waals surface area contributed by atoms with Crippen molar-refractivity contribution in [1.29, 1.82) is 0 Å². The van der Waals surface area contributed by atoms with Gasteiger partial charge in [-0.25, -0.2) is 4.98 Å². The number of hydrogen-bond donors (Lipinski definition) is 2. The smallest absolute Gasteiger partial charge is 0.395 e. The fourth-order valence-electron chi connectivity index (χ4n) is 4.16. The standard InChI is InChI=1S/C25H19F5N2O4.H2/c1-13-2-9-19(31-20(13)14-3-5-15(6-4-14)21(33)24(26,27)28)32-22(34)23(10-11-23)16-7-8-17-18(12-16)36-25(29,30)35-17;/h2-9,12,21,33H,10-11H2,1H3,(H,31,32,34);1H. The molecule has 1 saturated carbocycles. The van der Waals surface area contributed by atoms with Crippen molar-refractivity contribution < 1.29 is 42.8 Å². The van der Waals surface area contributed by atoms with Crippen molar-refractivity contribution in [1.82, 2.24) is 4.98 Å². The number of carbonyl (C=O) groups excluding carboxylic acids is 1. The van der Waals surface area contributed by atoms with E-state index in [2.05, 4.69) is 19.8 Å². The monoisotopic (exact) mass is 508 g/mol. The molecule has 1 aliphatic carbocycles. The first-order chi connectivity index (χ1) is 16.9. The number of amides is 1. The molecule has 2 heterocycles. The van der Waals surface area contributed by atoms with E-state index < -0.39 is 24.0 Å². The second kappa shape index (κ2) is 8.16. The van der Waals surface area contributed by atoms with Crippen LogP contribution in [0.1, 0.15) is 37.1 Å². The number of anilines is 1. The number of rotatable bonds is 5. The number of aromatic nitrogens is 1. The molecular formula is C25H21F5N2O4. The quantitative estimate of drug-likeness (QED) is 0.420. The summed E-state index contributed by atoms with van der Waals surface area (Å²) in [4.78, 5) is 17.6. The van der Waals surface area contributed by atoms with Crippen molar-refractivity contribution in [3.05, 3.63) is 71.3 Å². The topological polar surface area (TPSA) is 80.7 Å². The van der Waals surface area contributed by atoms with Crippen LogP contribution in [0.25, 0.3) is 11.3 Å². The van der Waals surface area contributed by atoms with Gasteiger partial charge in [-0.2, -0.15) is 13.2 Å². The highest BCUT2D eigenvalue weighted by Crippen LogP contribution is 2.52. The Hall–Kier alpha value is -3.73. The zero-order valence-corrected chi connectivity index (χ0v) is 18.7. The van der Waals surface area contributed by atoms with Crippen LogP contribution in [0.4, 0.5) is 27.8 Å². The molecule has 0 radical (unpaired) electrons. The van der Waals surface area contributed by atoms with Gasteiger partial charge in [0.15, 0.2) is 17.6 Å². The second-order valence-corrected chi connectivity index (χ2v) is 8.79. The van der Waals surface area contributed by atoms with Crippen molar-refractivity contribution in [2.75, 3.05) is 5.32 Å². The number of aliphatic hydroxyl groups excluding tert-OH is 1. The van der Waals surface area contributed by atoms with Crippen molar-refractivity contribution in [3.8, 4) is 22.8 Å². The molecule has 3 aromatic rings. The Labute approximate surface area is 203 Å². The van der Waals surface area contributed by atoms with Gasteiger partial charge in [-0.3, -0.25) is 4.79 Å². The van der Waals surface area contributed by atoms with Crippen LogP contribution in [0.3, 0.4) is 0 Å². The molecule has 0 saturated heterocycles. The molecule has 0 bridgehead atoms. The molecule has 0 spiro atoms. The van der Waals surface area contributed by atoms with Gasteiger partial charge in [-0.05, 0) is 54.7 Å². The minimum absolute atomic E-state index is 0. The summed E-state index contributed by atoms with van der Waals surface area (Å²) in [5.74, 6) is -0.414. The van der Waals surface area contributed by atoms with E-state index in [0.717, 1.165) is 5.56 Å². The normalized spacial score (nSPS) is 18.0. The number of nitrogens with zero attached hydrogens (tertiary/aromatic N) is 1. The predicted octanol–water partition coefficient (Wildman–Crippen LogP) is 5.89. The number of benzene rings is 2. The van der Waals surface area contributed by atoms with Gasteiger partial charge in [0.1, 0.15) is 5.82 Å². The number of carbonyl (C=O) groups is 1. The van der Waals surface area contributed by atoms with Crippen molar-refractivity contribution in [2.45, 2.75) is 43.8 Å². The number of ether oxygens (including phenoxy) is 2. The van der Waals surface area contributed by atoms with E-state index >= 15 is 0 Å². The van der Waals surface area contributed by atoms with E-state index in [1.54, 1.807) is 25.1 Å². The fourth-order valence-corrected chi connectivity index (χ4v) is 4.16. The summed E-state index contributed by atoms with van der Waals surface area (Å²) in [6.45, 7) is 1.76. The van der Waals surface area contributed by atoms with Gasteiger partial charge in [-0.1, -0.05) is 36.4 Å². The number of aryl methyl sites for hydroxylation is 1. The number of halogens is 5. The first-order valence-corrected chi connectivity index (χ1v) is 10.9. The molecule has 1 aromatic heterocycles. The Morgan fingerprint density at radius 3 is 2.36 bits per heavy atom. The lowest BCUT2D eigenvalue weighted by atomic mass is 9.94. The first-order valence-electron chi connectivity index (χ1n) is 10.9. The zero-order chi connectivity index (χ0) is 25.9. The lowest BCUT2D eigenvalue weighted by molar-refractivity contribution is -0.286. The molecule has 2 N–H and O–H groups in total. The highest BCUT2D eigenvalue weighted by molar-refractivity contribution is 6.01. The molecule has 1 unspecified atom stereocenters. The summed E-state index contributed by atoms with van der Waals surface area (Å²) < 4.78 is 73.9. The summed E-state index contributed by atoms with van der Waals surface area (Å²) in [5, 5.41) is 12.2. The van der Waals surface area contributed by atoms with E-state index in [9.17, 15) is 31.9 Å². The third-order valence-corrected chi connectivity index (χ3v) is 6.29. The lowest BCUT2D eigenvalue weighted by Gasteiger charge is -2.17. The van der Waals surface area contributed by atoms with E-state index in [-0.39, 0.29) is 30.2 Å². The highest BCUT2D eigenvalue weighted by Gasteiger charge is 2.53. The summed E-state index contributed by atoms with van der Waals surface area (Å²) >= 11 is 0. The second-order valence-electron chi connectivity index (χ2n) is 8.79. The van der Waals surface area contributed by atoms with Gasteiger partial charge < -0.3 is 19.9 Å². The largest absolute Gasteiger partial charge is 0.586 e. The maximum Gasteiger partial charge on any atom is 0.586 e. The van der Waals surface area contributed by atoms with E-state index in [1.807, 2.05) is 0 Å². The SMILES string of the molecule is Cc1ccc(NC(=O)C2(c3ccc4c(c3)OC(F)(F)O4)CC2)nc1-c1ccc(C(O)C(F)(F)F)cc1.[HH]. The van der Waals surface area contributed by atoms with Crippen LogP contribution in [0.15, 0.2) is 54.6 Å².